The van der Waals surface area contributed by atoms with Gasteiger partial charge < -0.3 is 15.5 Å². The number of carbonyl (C=O) groups excluding carboxylic acids is 1. The van der Waals surface area contributed by atoms with Crippen molar-refractivity contribution in [3.8, 4) is 17.0 Å². The molecule has 0 unspecified atom stereocenters. The number of H-pyrrole nitrogens is 1. The number of pyridine rings is 2. The zero-order valence-corrected chi connectivity index (χ0v) is 16.8. The van der Waals surface area contributed by atoms with E-state index in [-0.39, 0.29) is 0 Å². The molecular weight excluding hydrogens is 402 g/mol. The zero-order chi connectivity index (χ0) is 22.0. The molecule has 1 aliphatic heterocycles. The van der Waals surface area contributed by atoms with Crippen LogP contribution in [0.4, 0.5) is 8.78 Å². The van der Waals surface area contributed by atoms with Crippen molar-refractivity contribution in [1.29, 1.82) is 0 Å². The van der Waals surface area contributed by atoms with Crippen LogP contribution in [0.2, 0.25) is 0 Å². The Morgan fingerprint density at radius 3 is 2.77 bits per heavy atom. The summed E-state index contributed by atoms with van der Waals surface area (Å²) in [4.78, 5) is 22.7. The summed E-state index contributed by atoms with van der Waals surface area (Å²) in [5.74, 6) is -1.19. The molecule has 3 N–H and O–H groups in total. The number of ether oxygens (including phenoxy) is 1. The molecule has 3 aromatic heterocycles. The normalized spacial score (nSPS) is 12.5. The molecule has 0 spiro atoms. The smallest absolute Gasteiger partial charge is 0.250 e. The molecule has 0 saturated heterocycles. The lowest BCUT2D eigenvalue weighted by atomic mass is 10.1. The largest absolute Gasteiger partial charge is 0.493 e. The van der Waals surface area contributed by atoms with Crippen LogP contribution in [0.25, 0.3) is 22.3 Å². The standard InChI is InChI=1S/C14H12N4O.C9H8F2O/c1-8-6-18-14-12(8)10(4-5-16-14)11-3-2-9(7-17-11)13(15)19;10-6-4-8(11)7-2-1-3-12-9(7)5-6/h2-7H,1H3,(H2,15,19)(H,16,18);4-5H,1-3H2. The summed E-state index contributed by atoms with van der Waals surface area (Å²) in [6.45, 7) is 2.57. The number of fused-ring (bicyclic) bond motifs is 2. The number of hydrogen-bond donors (Lipinski definition) is 2. The molecule has 0 fully saturated rings. The number of carbonyl (C=O) groups is 1. The maximum Gasteiger partial charge on any atom is 0.250 e. The number of amides is 1. The van der Waals surface area contributed by atoms with Crippen molar-refractivity contribution in [2.24, 2.45) is 5.73 Å². The number of aromatic nitrogens is 3. The molecule has 6 nitrogen and oxygen atoms in total. The first kappa shape index (κ1) is 20.5. The van der Waals surface area contributed by atoms with Gasteiger partial charge in [0.15, 0.2) is 0 Å². The second-order valence-electron chi connectivity index (χ2n) is 7.17. The van der Waals surface area contributed by atoms with E-state index in [2.05, 4.69) is 15.0 Å². The van der Waals surface area contributed by atoms with E-state index in [1.54, 1.807) is 18.3 Å². The Morgan fingerprint density at radius 1 is 1.19 bits per heavy atom. The maximum atomic E-state index is 13.0. The minimum Gasteiger partial charge on any atom is -0.493 e. The molecule has 1 aliphatic rings. The van der Waals surface area contributed by atoms with E-state index >= 15 is 0 Å². The number of primary amides is 1. The Bertz CT molecular complexity index is 1250. The number of halogens is 2. The summed E-state index contributed by atoms with van der Waals surface area (Å²) in [5, 5.41) is 1.04. The van der Waals surface area contributed by atoms with Crippen LogP contribution in [0.15, 0.2) is 48.9 Å². The molecule has 1 aromatic carbocycles. The first-order chi connectivity index (χ1) is 14.9. The number of nitrogens with one attached hydrogen (secondary N) is 1. The van der Waals surface area contributed by atoms with E-state index in [9.17, 15) is 13.6 Å². The second kappa shape index (κ2) is 8.51. The van der Waals surface area contributed by atoms with Crippen molar-refractivity contribution >= 4 is 16.9 Å². The van der Waals surface area contributed by atoms with Crippen LogP contribution in [0.5, 0.6) is 5.75 Å². The van der Waals surface area contributed by atoms with Gasteiger partial charge in [0, 0.05) is 47.2 Å². The van der Waals surface area contributed by atoms with Gasteiger partial charge >= 0.3 is 0 Å². The predicted molar refractivity (Wildman–Crippen MR) is 113 cm³/mol. The van der Waals surface area contributed by atoms with Gasteiger partial charge in [-0.1, -0.05) is 0 Å². The van der Waals surface area contributed by atoms with Gasteiger partial charge in [-0.2, -0.15) is 0 Å². The Labute approximate surface area is 177 Å². The predicted octanol–water partition coefficient (Wildman–Crippen LogP) is 4.32. The number of aryl methyl sites for hydroxylation is 1. The lowest BCUT2D eigenvalue weighted by Gasteiger charge is -2.17. The van der Waals surface area contributed by atoms with Gasteiger partial charge in [-0.05, 0) is 43.5 Å². The Balaban J connectivity index is 0.000000166. The molecule has 8 heteroatoms. The quantitative estimate of drug-likeness (QED) is 0.503. The number of benzene rings is 1. The molecule has 31 heavy (non-hydrogen) atoms. The topological polar surface area (TPSA) is 93.9 Å². The van der Waals surface area contributed by atoms with E-state index in [0.717, 1.165) is 40.3 Å². The fourth-order valence-electron chi connectivity index (χ4n) is 3.51. The van der Waals surface area contributed by atoms with Crippen molar-refractivity contribution in [1.82, 2.24) is 15.0 Å². The van der Waals surface area contributed by atoms with Crippen LogP contribution in [0, 0.1) is 18.6 Å². The van der Waals surface area contributed by atoms with Crippen LogP contribution < -0.4 is 10.5 Å². The Kier molecular flexibility index (Phi) is 5.62. The average molecular weight is 422 g/mol. The highest BCUT2D eigenvalue weighted by Gasteiger charge is 2.16. The highest BCUT2D eigenvalue weighted by molar-refractivity contribution is 5.96. The van der Waals surface area contributed by atoms with E-state index in [0.29, 0.717) is 29.9 Å². The molecule has 5 rings (SSSR count). The van der Waals surface area contributed by atoms with Gasteiger partial charge in [-0.25, -0.2) is 13.8 Å². The van der Waals surface area contributed by atoms with Gasteiger partial charge in [-0.3, -0.25) is 9.78 Å². The molecule has 0 atom stereocenters. The highest BCUT2D eigenvalue weighted by Crippen LogP contribution is 2.29. The van der Waals surface area contributed by atoms with E-state index in [1.807, 2.05) is 19.2 Å². The van der Waals surface area contributed by atoms with Crippen molar-refractivity contribution in [2.75, 3.05) is 6.61 Å². The van der Waals surface area contributed by atoms with Gasteiger partial charge in [0.05, 0.1) is 17.9 Å². The molecule has 4 aromatic rings. The van der Waals surface area contributed by atoms with E-state index < -0.39 is 17.5 Å². The van der Waals surface area contributed by atoms with Gasteiger partial charge in [0.25, 0.3) is 0 Å². The van der Waals surface area contributed by atoms with Crippen LogP contribution in [0.3, 0.4) is 0 Å². The molecule has 0 saturated carbocycles. The maximum absolute atomic E-state index is 13.0. The fourth-order valence-corrected chi connectivity index (χ4v) is 3.51. The van der Waals surface area contributed by atoms with E-state index in [4.69, 9.17) is 10.5 Å². The van der Waals surface area contributed by atoms with Gasteiger partial charge in [0.2, 0.25) is 5.91 Å². The lowest BCUT2D eigenvalue weighted by molar-refractivity contribution is 0.1000. The van der Waals surface area contributed by atoms with Gasteiger partial charge in [0.1, 0.15) is 23.0 Å². The lowest BCUT2D eigenvalue weighted by Crippen LogP contribution is -2.10. The second-order valence-corrected chi connectivity index (χ2v) is 7.17. The summed E-state index contributed by atoms with van der Waals surface area (Å²) in [6.07, 6.45) is 6.58. The van der Waals surface area contributed by atoms with Gasteiger partial charge in [-0.15, -0.1) is 0 Å². The van der Waals surface area contributed by atoms with Crippen molar-refractivity contribution in [3.63, 3.8) is 0 Å². The summed E-state index contributed by atoms with van der Waals surface area (Å²) >= 11 is 0. The third kappa shape index (κ3) is 4.23. The summed E-state index contributed by atoms with van der Waals surface area (Å²) < 4.78 is 30.8. The molecule has 0 aliphatic carbocycles. The molecular formula is C23H20F2N4O2. The van der Waals surface area contributed by atoms with Crippen molar-refractivity contribution in [3.05, 3.63) is 77.2 Å². The van der Waals surface area contributed by atoms with Crippen LogP contribution in [-0.2, 0) is 6.42 Å². The summed E-state index contributed by atoms with van der Waals surface area (Å²) in [5.41, 5.74) is 9.83. The van der Waals surface area contributed by atoms with Crippen molar-refractivity contribution < 1.29 is 18.3 Å². The molecule has 4 heterocycles. The zero-order valence-electron chi connectivity index (χ0n) is 16.8. The van der Waals surface area contributed by atoms with Crippen LogP contribution in [0.1, 0.15) is 27.9 Å². The first-order valence-electron chi connectivity index (χ1n) is 9.73. The molecule has 0 bridgehead atoms. The number of nitrogens with two attached hydrogens (primary N) is 1. The minimum atomic E-state index is -0.576. The third-order valence-electron chi connectivity index (χ3n) is 5.04. The number of hydrogen-bond acceptors (Lipinski definition) is 4. The monoisotopic (exact) mass is 422 g/mol. The van der Waals surface area contributed by atoms with E-state index in [1.165, 1.54) is 12.3 Å². The van der Waals surface area contributed by atoms with Crippen LogP contribution in [-0.4, -0.2) is 27.5 Å². The van der Waals surface area contributed by atoms with Crippen molar-refractivity contribution in [2.45, 2.75) is 19.8 Å². The molecule has 158 valence electrons. The minimum absolute atomic E-state index is 0.360. The van der Waals surface area contributed by atoms with Crippen LogP contribution >= 0.6 is 0 Å². The third-order valence-corrected chi connectivity index (χ3v) is 5.04. The summed E-state index contributed by atoms with van der Waals surface area (Å²) in [6, 6.07) is 7.51. The first-order valence-corrected chi connectivity index (χ1v) is 9.73. The molecule has 0 radical (unpaired) electrons. The SMILES string of the molecule is Cc1c[nH]c2nccc(-c3ccc(C(N)=O)cn3)c12.Fc1cc(F)c2c(c1)OCCC2. The average Bonchev–Trinajstić information content (AvgIpc) is 3.15. The number of rotatable bonds is 2. The fraction of sp³-hybridized carbons (Fsp3) is 0.174. The summed E-state index contributed by atoms with van der Waals surface area (Å²) in [7, 11) is 0. The highest BCUT2D eigenvalue weighted by atomic mass is 19.1. The Hall–Kier alpha value is -3.81. The Morgan fingerprint density at radius 2 is 2.03 bits per heavy atom. The molecule has 1 amide bonds. The number of aromatic amines is 1. The number of nitrogens with zero attached hydrogens (tertiary/aromatic N) is 2.